The van der Waals surface area contributed by atoms with Crippen LogP contribution in [-0.2, 0) is 18.3 Å². The molecule has 1 aliphatic heterocycles. The molecular formula is C19H22N6O. The molecule has 2 atom stereocenters. The summed E-state index contributed by atoms with van der Waals surface area (Å²) in [6.45, 7) is 1.20. The van der Waals surface area contributed by atoms with Crippen LogP contribution in [0, 0.1) is 0 Å². The van der Waals surface area contributed by atoms with Crippen LogP contribution in [0.25, 0.3) is 5.69 Å². The third-order valence-electron chi connectivity index (χ3n) is 4.88. The van der Waals surface area contributed by atoms with Crippen molar-refractivity contribution in [2.45, 2.75) is 18.4 Å². The molecule has 4 rings (SSSR count). The van der Waals surface area contributed by atoms with Crippen molar-refractivity contribution >= 4 is 5.91 Å². The van der Waals surface area contributed by atoms with Crippen LogP contribution >= 0.6 is 0 Å². The van der Waals surface area contributed by atoms with Crippen molar-refractivity contribution in [1.82, 2.24) is 24.2 Å². The van der Waals surface area contributed by atoms with Crippen molar-refractivity contribution in [3.8, 4) is 5.69 Å². The van der Waals surface area contributed by atoms with E-state index < -0.39 is 0 Å². The Morgan fingerprint density at radius 3 is 2.73 bits per heavy atom. The topological polar surface area (TPSA) is 82.0 Å². The molecule has 3 heterocycles. The molecule has 1 saturated heterocycles. The molecule has 0 spiro atoms. The minimum absolute atomic E-state index is 0.0731. The van der Waals surface area contributed by atoms with E-state index in [0.717, 1.165) is 16.9 Å². The van der Waals surface area contributed by atoms with Gasteiger partial charge in [-0.3, -0.25) is 4.79 Å². The lowest BCUT2D eigenvalue weighted by molar-refractivity contribution is -0.129. The molecule has 2 N–H and O–H groups in total. The average molecular weight is 350 g/mol. The fraction of sp³-hybridized carbons (Fsp3) is 0.316. The van der Waals surface area contributed by atoms with Gasteiger partial charge in [-0.05, 0) is 23.8 Å². The van der Waals surface area contributed by atoms with Crippen LogP contribution in [0.3, 0.4) is 0 Å². The van der Waals surface area contributed by atoms with Crippen LogP contribution in [0.4, 0.5) is 0 Å². The van der Waals surface area contributed by atoms with E-state index in [0.29, 0.717) is 19.5 Å². The first-order chi connectivity index (χ1) is 12.6. The van der Waals surface area contributed by atoms with Gasteiger partial charge in [-0.15, -0.1) is 0 Å². The third-order valence-corrected chi connectivity index (χ3v) is 4.88. The van der Waals surface area contributed by atoms with Gasteiger partial charge in [-0.2, -0.15) is 5.10 Å². The summed E-state index contributed by atoms with van der Waals surface area (Å²) in [6.07, 6.45) is 7.76. The van der Waals surface area contributed by atoms with E-state index in [2.05, 4.69) is 10.1 Å². The molecule has 134 valence electrons. The molecule has 0 saturated carbocycles. The van der Waals surface area contributed by atoms with Gasteiger partial charge in [-0.1, -0.05) is 12.1 Å². The number of likely N-dealkylation sites (tertiary alicyclic amines) is 1. The van der Waals surface area contributed by atoms with Crippen molar-refractivity contribution in [3.63, 3.8) is 0 Å². The molecular weight excluding hydrogens is 328 g/mol. The van der Waals surface area contributed by atoms with Gasteiger partial charge < -0.3 is 15.2 Å². The second-order valence-electron chi connectivity index (χ2n) is 6.83. The number of hydrogen-bond donors (Lipinski definition) is 1. The predicted octanol–water partition coefficient (Wildman–Crippen LogP) is 1.10. The van der Waals surface area contributed by atoms with Gasteiger partial charge in [0, 0.05) is 50.7 Å². The Balaban J connectivity index is 1.40. The SMILES string of the molecule is Cn1cnc([C@@H]2CN(C(=O)Cc3ccc(-n4cccn4)cc3)C[C@H]2N)c1. The zero-order chi connectivity index (χ0) is 18.1. The fourth-order valence-electron chi connectivity index (χ4n) is 3.44. The highest BCUT2D eigenvalue weighted by Crippen LogP contribution is 2.25. The number of carbonyl (C=O) groups excluding carboxylic acids is 1. The molecule has 7 nitrogen and oxygen atoms in total. The van der Waals surface area contributed by atoms with Gasteiger partial charge in [0.15, 0.2) is 0 Å². The summed E-state index contributed by atoms with van der Waals surface area (Å²) < 4.78 is 3.70. The molecule has 7 heteroatoms. The Morgan fingerprint density at radius 1 is 1.27 bits per heavy atom. The summed E-state index contributed by atoms with van der Waals surface area (Å²) in [4.78, 5) is 18.9. The monoisotopic (exact) mass is 350 g/mol. The largest absolute Gasteiger partial charge is 0.340 e. The van der Waals surface area contributed by atoms with Crippen molar-refractivity contribution < 1.29 is 4.79 Å². The maximum absolute atomic E-state index is 12.7. The third kappa shape index (κ3) is 3.25. The number of imidazole rings is 1. The molecule has 0 radical (unpaired) electrons. The Hall–Kier alpha value is -2.93. The molecule has 0 bridgehead atoms. The van der Waals surface area contributed by atoms with Crippen LogP contribution in [-0.4, -0.2) is 49.3 Å². The van der Waals surface area contributed by atoms with Crippen LogP contribution in [0.1, 0.15) is 17.2 Å². The van der Waals surface area contributed by atoms with Gasteiger partial charge >= 0.3 is 0 Å². The summed E-state index contributed by atoms with van der Waals surface area (Å²) in [7, 11) is 1.94. The van der Waals surface area contributed by atoms with Crippen LogP contribution in [0.15, 0.2) is 55.2 Å². The summed E-state index contributed by atoms with van der Waals surface area (Å²) in [5.41, 5.74) is 9.18. The molecule has 26 heavy (non-hydrogen) atoms. The Kier molecular flexibility index (Phi) is 4.30. The number of hydrogen-bond acceptors (Lipinski definition) is 4. The van der Waals surface area contributed by atoms with Crippen molar-refractivity contribution in [2.75, 3.05) is 13.1 Å². The summed E-state index contributed by atoms with van der Waals surface area (Å²) in [6, 6.07) is 9.70. The lowest BCUT2D eigenvalue weighted by Crippen LogP contribution is -2.33. The quantitative estimate of drug-likeness (QED) is 0.764. The van der Waals surface area contributed by atoms with Crippen LogP contribution < -0.4 is 5.73 Å². The Bertz CT molecular complexity index is 883. The van der Waals surface area contributed by atoms with Crippen molar-refractivity contribution in [2.24, 2.45) is 12.8 Å². The number of nitrogens with zero attached hydrogens (tertiary/aromatic N) is 5. The maximum Gasteiger partial charge on any atom is 0.227 e. The highest BCUT2D eigenvalue weighted by atomic mass is 16.2. The van der Waals surface area contributed by atoms with Gasteiger partial charge in [0.2, 0.25) is 5.91 Å². The highest BCUT2D eigenvalue weighted by Gasteiger charge is 2.34. The summed E-state index contributed by atoms with van der Waals surface area (Å²) in [5.74, 6) is 0.202. The normalized spacial score (nSPS) is 19.8. The second-order valence-corrected chi connectivity index (χ2v) is 6.83. The maximum atomic E-state index is 12.7. The molecule has 1 amide bonds. The number of rotatable bonds is 4. The molecule has 1 aromatic carbocycles. The Labute approximate surface area is 152 Å². The van der Waals surface area contributed by atoms with E-state index in [1.54, 1.807) is 17.2 Å². The molecule has 3 aromatic rings. The number of benzene rings is 1. The van der Waals surface area contributed by atoms with Crippen LogP contribution in [0.5, 0.6) is 0 Å². The lowest BCUT2D eigenvalue weighted by atomic mass is 10.0. The predicted molar refractivity (Wildman–Crippen MR) is 97.8 cm³/mol. The van der Waals surface area contributed by atoms with Crippen LogP contribution in [0.2, 0.25) is 0 Å². The molecule has 1 fully saturated rings. The number of carbonyl (C=O) groups is 1. The molecule has 1 aliphatic rings. The summed E-state index contributed by atoms with van der Waals surface area (Å²) >= 11 is 0. The summed E-state index contributed by atoms with van der Waals surface area (Å²) in [5, 5.41) is 4.21. The first kappa shape index (κ1) is 16.5. The second kappa shape index (κ2) is 6.76. The average Bonchev–Trinajstić information content (AvgIpc) is 3.36. The smallest absolute Gasteiger partial charge is 0.227 e. The van der Waals surface area contributed by atoms with Crippen molar-refractivity contribution in [1.29, 1.82) is 0 Å². The zero-order valence-electron chi connectivity index (χ0n) is 14.7. The lowest BCUT2D eigenvalue weighted by Gasteiger charge is -2.16. The highest BCUT2D eigenvalue weighted by molar-refractivity contribution is 5.79. The first-order valence-electron chi connectivity index (χ1n) is 8.70. The van der Waals surface area contributed by atoms with E-state index in [1.165, 1.54) is 0 Å². The standard InChI is InChI=1S/C19H22N6O/c1-23-12-18(21-13-23)16-10-24(11-17(16)20)19(26)9-14-3-5-15(6-4-14)25-8-2-7-22-25/h2-8,12-13,16-17H,9-11,20H2,1H3/t16-,17-/m1/s1. The Morgan fingerprint density at radius 2 is 2.08 bits per heavy atom. The van der Waals surface area contributed by atoms with Gasteiger partial charge in [0.25, 0.3) is 0 Å². The number of nitrogens with two attached hydrogens (primary N) is 1. The van der Waals surface area contributed by atoms with Crippen molar-refractivity contribution in [3.05, 3.63) is 66.5 Å². The van der Waals surface area contributed by atoms with Gasteiger partial charge in [0.1, 0.15) is 0 Å². The van der Waals surface area contributed by atoms with Gasteiger partial charge in [0.05, 0.1) is 24.1 Å². The molecule has 0 aliphatic carbocycles. The van der Waals surface area contributed by atoms with E-state index >= 15 is 0 Å². The zero-order valence-corrected chi connectivity index (χ0v) is 14.7. The van der Waals surface area contributed by atoms with E-state index in [9.17, 15) is 4.79 Å². The van der Waals surface area contributed by atoms with E-state index in [4.69, 9.17) is 5.73 Å². The van der Waals surface area contributed by atoms with Gasteiger partial charge in [-0.25, -0.2) is 9.67 Å². The minimum atomic E-state index is -0.0731. The fourth-order valence-corrected chi connectivity index (χ4v) is 3.44. The number of aryl methyl sites for hydroxylation is 1. The van der Waals surface area contributed by atoms with E-state index in [1.807, 2.05) is 59.2 Å². The van der Waals surface area contributed by atoms with E-state index in [-0.39, 0.29) is 17.9 Å². The molecule has 0 unspecified atom stereocenters. The number of aromatic nitrogens is 4. The minimum Gasteiger partial charge on any atom is -0.340 e. The first-order valence-corrected chi connectivity index (χ1v) is 8.70. The molecule has 2 aromatic heterocycles. The number of amides is 1.